The van der Waals surface area contributed by atoms with E-state index >= 15 is 0 Å². The Morgan fingerprint density at radius 1 is 0.929 bits per heavy atom. The van der Waals surface area contributed by atoms with E-state index in [4.69, 9.17) is 0 Å². The standard InChI is InChI=1S/C12H7N2/c1-2-10-7-13-6-4-11(10)12-8-14-5-3-9(1)12/h1-2,4-8H. The van der Waals surface area contributed by atoms with Crippen molar-refractivity contribution in [2.45, 2.75) is 0 Å². The van der Waals surface area contributed by atoms with Crippen molar-refractivity contribution in [1.82, 2.24) is 9.97 Å². The molecule has 2 nitrogen and oxygen atoms in total. The van der Waals surface area contributed by atoms with Gasteiger partial charge in [0.1, 0.15) is 0 Å². The Morgan fingerprint density at radius 3 is 2.93 bits per heavy atom. The van der Waals surface area contributed by atoms with Crippen molar-refractivity contribution >= 4 is 21.5 Å². The largest absolute Gasteiger partial charge is 0.264 e. The highest BCUT2D eigenvalue weighted by Crippen LogP contribution is 2.22. The van der Waals surface area contributed by atoms with Gasteiger partial charge in [0.2, 0.25) is 0 Å². The fourth-order valence-corrected chi connectivity index (χ4v) is 1.68. The van der Waals surface area contributed by atoms with Crippen LogP contribution in [0.4, 0.5) is 0 Å². The number of rotatable bonds is 0. The summed E-state index contributed by atoms with van der Waals surface area (Å²) < 4.78 is 0. The fraction of sp³-hybridized carbons (Fsp3) is 0. The first kappa shape index (κ1) is 7.44. The zero-order chi connectivity index (χ0) is 9.38. The number of nitrogens with zero attached hydrogens (tertiary/aromatic N) is 2. The molecule has 3 aromatic rings. The minimum atomic E-state index is 1.10. The predicted molar refractivity (Wildman–Crippen MR) is 55.9 cm³/mol. The number of hydrogen-bond acceptors (Lipinski definition) is 2. The van der Waals surface area contributed by atoms with E-state index in [1.807, 2.05) is 24.5 Å². The molecule has 0 N–H and O–H groups in total. The van der Waals surface area contributed by atoms with Crippen molar-refractivity contribution in [3.63, 3.8) is 0 Å². The van der Waals surface area contributed by atoms with Crippen LogP contribution in [0.5, 0.6) is 0 Å². The third-order valence-corrected chi connectivity index (χ3v) is 2.36. The molecule has 0 fully saturated rings. The predicted octanol–water partition coefficient (Wildman–Crippen LogP) is 2.58. The Bertz CT molecular complexity index is 547. The van der Waals surface area contributed by atoms with Gasteiger partial charge in [0, 0.05) is 41.6 Å². The van der Waals surface area contributed by atoms with E-state index in [2.05, 4.69) is 22.1 Å². The summed E-state index contributed by atoms with van der Waals surface area (Å²) in [4.78, 5) is 8.18. The summed E-state index contributed by atoms with van der Waals surface area (Å²) in [5.74, 6) is 0. The molecule has 0 saturated carbocycles. The molecule has 0 atom stereocenters. The summed E-state index contributed by atoms with van der Waals surface area (Å²) in [6.07, 6.45) is 7.22. The lowest BCUT2D eigenvalue weighted by atomic mass is 10.1. The van der Waals surface area contributed by atoms with Crippen LogP contribution in [0.1, 0.15) is 0 Å². The molecule has 2 heteroatoms. The Labute approximate surface area is 81.2 Å². The third-order valence-electron chi connectivity index (χ3n) is 2.36. The second-order valence-electron chi connectivity index (χ2n) is 3.18. The summed E-state index contributed by atoms with van der Waals surface area (Å²) in [5, 5.41) is 4.55. The minimum Gasteiger partial charge on any atom is -0.264 e. The van der Waals surface area contributed by atoms with Gasteiger partial charge in [0.05, 0.1) is 0 Å². The van der Waals surface area contributed by atoms with E-state index < -0.39 is 0 Å². The molecule has 0 bridgehead atoms. The van der Waals surface area contributed by atoms with Gasteiger partial charge in [-0.3, -0.25) is 9.97 Å². The highest BCUT2D eigenvalue weighted by molar-refractivity contribution is 6.06. The van der Waals surface area contributed by atoms with Crippen molar-refractivity contribution in [1.29, 1.82) is 0 Å². The van der Waals surface area contributed by atoms with Crippen molar-refractivity contribution in [3.8, 4) is 0 Å². The van der Waals surface area contributed by atoms with E-state index in [0.29, 0.717) is 0 Å². The molecule has 0 aliphatic carbocycles. The molecular formula is C12H7N2. The monoisotopic (exact) mass is 179 g/mol. The van der Waals surface area contributed by atoms with E-state index in [1.54, 1.807) is 12.4 Å². The lowest BCUT2D eigenvalue weighted by molar-refractivity contribution is 1.35. The Balaban J connectivity index is 2.61. The molecule has 1 aromatic carbocycles. The van der Waals surface area contributed by atoms with Crippen molar-refractivity contribution in [2.24, 2.45) is 0 Å². The van der Waals surface area contributed by atoms with Crippen LogP contribution in [0.2, 0.25) is 0 Å². The summed E-state index contributed by atoms with van der Waals surface area (Å²) in [7, 11) is 0. The zero-order valence-electron chi connectivity index (χ0n) is 7.44. The van der Waals surface area contributed by atoms with Gasteiger partial charge in [-0.15, -0.1) is 0 Å². The van der Waals surface area contributed by atoms with Crippen LogP contribution < -0.4 is 0 Å². The molecule has 0 amide bonds. The van der Waals surface area contributed by atoms with Crippen LogP contribution in [-0.4, -0.2) is 9.97 Å². The zero-order valence-corrected chi connectivity index (χ0v) is 7.44. The summed E-state index contributed by atoms with van der Waals surface area (Å²) in [6.45, 7) is 0. The van der Waals surface area contributed by atoms with Crippen molar-refractivity contribution < 1.29 is 0 Å². The summed E-state index contributed by atoms with van der Waals surface area (Å²) >= 11 is 0. The van der Waals surface area contributed by atoms with Crippen LogP contribution in [0, 0.1) is 6.07 Å². The second kappa shape index (κ2) is 2.77. The van der Waals surface area contributed by atoms with Crippen LogP contribution in [-0.2, 0) is 0 Å². The first-order chi connectivity index (χ1) is 6.95. The van der Waals surface area contributed by atoms with E-state index in [0.717, 1.165) is 16.2 Å². The maximum Gasteiger partial charge on any atom is 0.0353 e. The number of benzene rings is 1. The molecule has 0 aliphatic heterocycles. The maximum absolute atomic E-state index is 4.09. The number of hydrogen-bond donors (Lipinski definition) is 0. The Hall–Kier alpha value is -1.96. The van der Waals surface area contributed by atoms with E-state index in [-0.39, 0.29) is 0 Å². The highest BCUT2D eigenvalue weighted by atomic mass is 14.6. The molecule has 0 saturated heterocycles. The minimum absolute atomic E-state index is 1.10. The molecule has 14 heavy (non-hydrogen) atoms. The quantitative estimate of drug-likeness (QED) is 0.496. The number of pyridine rings is 2. The molecule has 2 aromatic heterocycles. The average molecular weight is 179 g/mol. The fourth-order valence-electron chi connectivity index (χ4n) is 1.68. The van der Waals surface area contributed by atoms with Crippen LogP contribution in [0.3, 0.4) is 0 Å². The SMILES string of the molecule is [c]1cncc2c1ccc1cnccc12. The molecule has 0 unspecified atom stereocenters. The van der Waals surface area contributed by atoms with Gasteiger partial charge in [-0.25, -0.2) is 0 Å². The Morgan fingerprint density at radius 2 is 1.93 bits per heavy atom. The molecular weight excluding hydrogens is 172 g/mol. The summed E-state index contributed by atoms with van der Waals surface area (Å²) in [5.41, 5.74) is 0. The highest BCUT2D eigenvalue weighted by Gasteiger charge is 1.98. The molecule has 0 spiro atoms. The number of fused-ring (bicyclic) bond motifs is 3. The van der Waals surface area contributed by atoms with E-state index in [1.165, 1.54) is 5.39 Å². The summed E-state index contributed by atoms with van der Waals surface area (Å²) in [6, 6.07) is 9.22. The molecule has 1 radical (unpaired) electrons. The van der Waals surface area contributed by atoms with Gasteiger partial charge in [0.15, 0.2) is 0 Å². The molecule has 65 valence electrons. The second-order valence-corrected chi connectivity index (χ2v) is 3.18. The lowest BCUT2D eigenvalue weighted by Gasteiger charge is -2.00. The molecule has 3 rings (SSSR count). The first-order valence-electron chi connectivity index (χ1n) is 4.43. The van der Waals surface area contributed by atoms with Gasteiger partial charge in [-0.1, -0.05) is 12.1 Å². The van der Waals surface area contributed by atoms with Crippen molar-refractivity contribution in [3.05, 3.63) is 49.1 Å². The van der Waals surface area contributed by atoms with Gasteiger partial charge < -0.3 is 0 Å². The Kier molecular flexibility index (Phi) is 1.47. The van der Waals surface area contributed by atoms with E-state index in [9.17, 15) is 0 Å². The van der Waals surface area contributed by atoms with Gasteiger partial charge >= 0.3 is 0 Å². The number of aromatic nitrogens is 2. The van der Waals surface area contributed by atoms with Crippen LogP contribution in [0.15, 0.2) is 43.0 Å². The smallest absolute Gasteiger partial charge is 0.0353 e. The van der Waals surface area contributed by atoms with Gasteiger partial charge in [-0.05, 0) is 16.8 Å². The average Bonchev–Trinajstić information content (AvgIpc) is 2.29. The van der Waals surface area contributed by atoms with Crippen LogP contribution in [0.25, 0.3) is 21.5 Å². The maximum atomic E-state index is 4.09. The van der Waals surface area contributed by atoms with Crippen LogP contribution >= 0.6 is 0 Å². The van der Waals surface area contributed by atoms with Gasteiger partial charge in [0.25, 0.3) is 0 Å². The lowest BCUT2D eigenvalue weighted by Crippen LogP contribution is -1.80. The third kappa shape index (κ3) is 0.973. The topological polar surface area (TPSA) is 25.8 Å². The van der Waals surface area contributed by atoms with Crippen molar-refractivity contribution in [2.75, 3.05) is 0 Å². The molecule has 2 heterocycles. The first-order valence-corrected chi connectivity index (χ1v) is 4.43. The molecule has 0 aliphatic rings. The van der Waals surface area contributed by atoms with Gasteiger partial charge in [-0.2, -0.15) is 0 Å². The normalized spacial score (nSPS) is 10.9.